The standard InChI is InChI=1S/C13H19F2NO/c1-4-16-13(9(2)17-3)7-10-5-11(14)8-12(15)6-10/h5-6,8-9,13,16H,4,7H2,1-3H3. The first-order valence-electron chi connectivity index (χ1n) is 5.78. The minimum absolute atomic E-state index is 0.0127. The Morgan fingerprint density at radius 3 is 2.29 bits per heavy atom. The number of ether oxygens (including phenoxy) is 1. The fraction of sp³-hybridized carbons (Fsp3) is 0.538. The van der Waals surface area contributed by atoms with Crippen LogP contribution >= 0.6 is 0 Å². The van der Waals surface area contributed by atoms with Gasteiger partial charge in [-0.25, -0.2) is 8.78 Å². The summed E-state index contributed by atoms with van der Waals surface area (Å²) < 4.78 is 31.4. The minimum atomic E-state index is -0.541. The highest BCUT2D eigenvalue weighted by atomic mass is 19.1. The van der Waals surface area contributed by atoms with Crippen LogP contribution in [0.5, 0.6) is 0 Å². The number of nitrogens with one attached hydrogen (secondary N) is 1. The van der Waals surface area contributed by atoms with Gasteiger partial charge in [0, 0.05) is 19.2 Å². The van der Waals surface area contributed by atoms with E-state index in [0.717, 1.165) is 12.6 Å². The van der Waals surface area contributed by atoms with Gasteiger partial charge in [0.05, 0.1) is 6.10 Å². The molecule has 0 saturated carbocycles. The SMILES string of the molecule is CCNC(Cc1cc(F)cc(F)c1)C(C)OC. The molecule has 2 atom stereocenters. The maximum absolute atomic E-state index is 13.1. The lowest BCUT2D eigenvalue weighted by atomic mass is 10.0. The van der Waals surface area contributed by atoms with Crippen molar-refractivity contribution in [2.24, 2.45) is 0 Å². The number of methoxy groups -OCH3 is 1. The van der Waals surface area contributed by atoms with Crippen LogP contribution in [-0.2, 0) is 11.2 Å². The van der Waals surface area contributed by atoms with Crippen LogP contribution in [0.1, 0.15) is 19.4 Å². The number of likely N-dealkylation sites (N-methyl/N-ethyl adjacent to an activating group) is 1. The first-order valence-corrected chi connectivity index (χ1v) is 5.78. The quantitative estimate of drug-likeness (QED) is 0.829. The van der Waals surface area contributed by atoms with Gasteiger partial charge in [0.15, 0.2) is 0 Å². The van der Waals surface area contributed by atoms with E-state index in [0.29, 0.717) is 12.0 Å². The topological polar surface area (TPSA) is 21.3 Å². The van der Waals surface area contributed by atoms with Crippen molar-refractivity contribution in [1.29, 1.82) is 0 Å². The molecule has 0 bridgehead atoms. The third-order valence-electron chi connectivity index (χ3n) is 2.78. The normalized spacial score (nSPS) is 14.6. The monoisotopic (exact) mass is 243 g/mol. The summed E-state index contributed by atoms with van der Waals surface area (Å²) in [5.41, 5.74) is 0.636. The maximum atomic E-state index is 13.1. The fourth-order valence-corrected chi connectivity index (χ4v) is 1.81. The van der Waals surface area contributed by atoms with Crippen LogP contribution < -0.4 is 5.32 Å². The van der Waals surface area contributed by atoms with Gasteiger partial charge in [-0.15, -0.1) is 0 Å². The maximum Gasteiger partial charge on any atom is 0.126 e. The highest BCUT2D eigenvalue weighted by Crippen LogP contribution is 2.12. The summed E-state index contributed by atoms with van der Waals surface area (Å²) in [5, 5.41) is 3.25. The molecule has 2 nitrogen and oxygen atoms in total. The van der Waals surface area contributed by atoms with E-state index in [2.05, 4.69) is 5.32 Å². The molecule has 4 heteroatoms. The highest BCUT2D eigenvalue weighted by Gasteiger charge is 2.16. The van der Waals surface area contributed by atoms with Crippen LogP contribution in [-0.4, -0.2) is 25.8 Å². The van der Waals surface area contributed by atoms with Crippen LogP contribution in [0, 0.1) is 11.6 Å². The lowest BCUT2D eigenvalue weighted by Gasteiger charge is -2.23. The van der Waals surface area contributed by atoms with E-state index in [4.69, 9.17) is 4.74 Å². The molecule has 1 aromatic carbocycles. The Balaban J connectivity index is 2.77. The zero-order chi connectivity index (χ0) is 12.8. The van der Waals surface area contributed by atoms with E-state index < -0.39 is 11.6 Å². The Kier molecular flexibility index (Phi) is 5.51. The van der Waals surface area contributed by atoms with E-state index in [9.17, 15) is 8.78 Å². The van der Waals surface area contributed by atoms with Gasteiger partial charge in [0.2, 0.25) is 0 Å². The molecule has 0 radical (unpaired) electrons. The first-order chi connectivity index (χ1) is 8.06. The summed E-state index contributed by atoms with van der Waals surface area (Å²) in [5.74, 6) is -1.08. The molecule has 1 N–H and O–H groups in total. The van der Waals surface area contributed by atoms with Crippen LogP contribution in [0.25, 0.3) is 0 Å². The zero-order valence-corrected chi connectivity index (χ0v) is 10.5. The largest absolute Gasteiger partial charge is 0.380 e. The molecule has 0 heterocycles. The van der Waals surface area contributed by atoms with Crippen LogP contribution in [0.15, 0.2) is 18.2 Å². The molecule has 0 aromatic heterocycles. The molecule has 0 aliphatic carbocycles. The van der Waals surface area contributed by atoms with Gasteiger partial charge in [-0.1, -0.05) is 6.92 Å². The Bertz CT molecular complexity index is 337. The molecule has 0 fully saturated rings. The van der Waals surface area contributed by atoms with E-state index in [1.807, 2.05) is 13.8 Å². The van der Waals surface area contributed by atoms with E-state index >= 15 is 0 Å². The van der Waals surface area contributed by atoms with Crippen LogP contribution in [0.4, 0.5) is 8.78 Å². The lowest BCUT2D eigenvalue weighted by Crippen LogP contribution is -2.41. The number of halogens is 2. The summed E-state index contributed by atoms with van der Waals surface area (Å²) in [6.07, 6.45) is 0.527. The molecule has 2 unspecified atom stereocenters. The minimum Gasteiger partial charge on any atom is -0.380 e. The third kappa shape index (κ3) is 4.40. The van der Waals surface area contributed by atoms with Gasteiger partial charge in [-0.05, 0) is 37.6 Å². The molecule has 0 aliphatic heterocycles. The second kappa shape index (κ2) is 6.67. The summed E-state index contributed by atoms with van der Waals surface area (Å²) in [6.45, 7) is 4.71. The smallest absolute Gasteiger partial charge is 0.126 e. The summed E-state index contributed by atoms with van der Waals surface area (Å²) in [7, 11) is 1.63. The molecule has 0 spiro atoms. The average molecular weight is 243 g/mol. The molecular formula is C13H19F2NO. The number of rotatable bonds is 6. The number of hydrogen-bond acceptors (Lipinski definition) is 2. The van der Waals surface area contributed by atoms with Gasteiger partial charge in [0.25, 0.3) is 0 Å². The average Bonchev–Trinajstić information content (AvgIpc) is 2.26. The third-order valence-corrected chi connectivity index (χ3v) is 2.78. The first kappa shape index (κ1) is 14.1. The Hall–Kier alpha value is -1.00. The summed E-state index contributed by atoms with van der Waals surface area (Å²) in [6, 6.07) is 3.64. The van der Waals surface area contributed by atoms with Gasteiger partial charge in [-0.3, -0.25) is 0 Å². The van der Waals surface area contributed by atoms with Crippen molar-refractivity contribution in [3.8, 4) is 0 Å². The number of benzene rings is 1. The molecule has 1 aromatic rings. The number of hydrogen-bond donors (Lipinski definition) is 1. The van der Waals surface area contributed by atoms with Crippen molar-refractivity contribution >= 4 is 0 Å². The molecular weight excluding hydrogens is 224 g/mol. The van der Waals surface area contributed by atoms with E-state index in [1.54, 1.807) is 7.11 Å². The molecule has 0 saturated heterocycles. The predicted octanol–water partition coefficient (Wildman–Crippen LogP) is 2.52. The van der Waals surface area contributed by atoms with Crippen LogP contribution in [0.2, 0.25) is 0 Å². The lowest BCUT2D eigenvalue weighted by molar-refractivity contribution is 0.0836. The van der Waals surface area contributed by atoms with Crippen molar-refractivity contribution in [3.05, 3.63) is 35.4 Å². The van der Waals surface area contributed by atoms with Gasteiger partial charge >= 0.3 is 0 Å². The molecule has 0 amide bonds. The summed E-state index contributed by atoms with van der Waals surface area (Å²) >= 11 is 0. The Labute approximate surface area is 101 Å². The van der Waals surface area contributed by atoms with E-state index in [1.165, 1.54) is 12.1 Å². The Morgan fingerprint density at radius 1 is 1.24 bits per heavy atom. The Morgan fingerprint density at radius 2 is 1.82 bits per heavy atom. The van der Waals surface area contributed by atoms with Gasteiger partial charge in [0.1, 0.15) is 11.6 Å². The fourth-order valence-electron chi connectivity index (χ4n) is 1.81. The molecule has 17 heavy (non-hydrogen) atoms. The highest BCUT2D eigenvalue weighted by molar-refractivity contribution is 5.19. The molecule has 0 aliphatic rings. The van der Waals surface area contributed by atoms with E-state index in [-0.39, 0.29) is 12.1 Å². The van der Waals surface area contributed by atoms with Gasteiger partial charge < -0.3 is 10.1 Å². The van der Waals surface area contributed by atoms with Crippen molar-refractivity contribution in [2.45, 2.75) is 32.4 Å². The zero-order valence-electron chi connectivity index (χ0n) is 10.5. The molecule has 1 rings (SSSR count). The van der Waals surface area contributed by atoms with Crippen molar-refractivity contribution < 1.29 is 13.5 Å². The van der Waals surface area contributed by atoms with Crippen molar-refractivity contribution in [1.82, 2.24) is 5.32 Å². The molecule has 96 valence electrons. The summed E-state index contributed by atoms with van der Waals surface area (Å²) in [4.78, 5) is 0. The van der Waals surface area contributed by atoms with Gasteiger partial charge in [-0.2, -0.15) is 0 Å². The second-order valence-corrected chi connectivity index (χ2v) is 4.09. The second-order valence-electron chi connectivity index (χ2n) is 4.09. The van der Waals surface area contributed by atoms with Crippen LogP contribution in [0.3, 0.4) is 0 Å². The van der Waals surface area contributed by atoms with Crippen molar-refractivity contribution in [3.63, 3.8) is 0 Å². The predicted molar refractivity (Wildman–Crippen MR) is 64.0 cm³/mol. The van der Waals surface area contributed by atoms with Crippen molar-refractivity contribution in [2.75, 3.05) is 13.7 Å².